The quantitative estimate of drug-likeness (QED) is 0.797. The number of nitrogens with zero attached hydrogens (tertiary/aromatic N) is 2. The topological polar surface area (TPSA) is 56.8 Å². The number of nitrogens with one attached hydrogen (secondary N) is 2. The highest BCUT2D eigenvalue weighted by Gasteiger charge is 2.46. The summed E-state index contributed by atoms with van der Waals surface area (Å²) in [4.78, 5) is 17.1. The predicted molar refractivity (Wildman–Crippen MR) is 97.3 cm³/mol. The summed E-state index contributed by atoms with van der Waals surface area (Å²) in [6, 6.07) is -0.0416. The lowest BCUT2D eigenvalue weighted by molar-refractivity contribution is -0.0690. The molecular formula is C18H36N4O2. The van der Waals surface area contributed by atoms with Crippen molar-refractivity contribution in [2.45, 2.75) is 58.3 Å². The van der Waals surface area contributed by atoms with E-state index >= 15 is 0 Å². The maximum Gasteiger partial charge on any atom is 0.315 e. The lowest BCUT2D eigenvalue weighted by Crippen LogP contribution is -2.51. The smallest absolute Gasteiger partial charge is 0.315 e. The van der Waals surface area contributed by atoms with E-state index in [2.05, 4.69) is 48.3 Å². The zero-order valence-electron chi connectivity index (χ0n) is 16.3. The predicted octanol–water partition coefficient (Wildman–Crippen LogP) is 1.52. The third kappa shape index (κ3) is 5.60. The molecule has 140 valence electrons. The molecule has 2 N–H and O–H groups in total. The van der Waals surface area contributed by atoms with Crippen LogP contribution in [0.1, 0.15) is 41.0 Å². The standard InChI is InChI=1S/C18H36N4O2/c1-14(13-22-9-7-21(6)8-10-22)12-19-16(23)20-15-11-17(2,3)24-18(15,4)5/h14-15H,7-13H2,1-6H3,(H2,19,20,23). The first-order valence-corrected chi connectivity index (χ1v) is 9.23. The van der Waals surface area contributed by atoms with Crippen molar-refractivity contribution in [3.63, 3.8) is 0 Å². The molecule has 2 amide bonds. The summed E-state index contributed by atoms with van der Waals surface area (Å²) in [6.45, 7) is 16.7. The number of carbonyl (C=O) groups is 1. The van der Waals surface area contributed by atoms with Crippen LogP contribution in [0.2, 0.25) is 0 Å². The molecular weight excluding hydrogens is 304 g/mol. The Morgan fingerprint density at radius 2 is 1.83 bits per heavy atom. The number of amides is 2. The van der Waals surface area contributed by atoms with Gasteiger partial charge in [0, 0.05) is 39.3 Å². The zero-order chi connectivity index (χ0) is 18.0. The molecule has 0 saturated carbocycles. The lowest BCUT2D eigenvalue weighted by atomic mass is 9.95. The van der Waals surface area contributed by atoms with E-state index in [1.807, 2.05) is 13.8 Å². The number of hydrogen-bond acceptors (Lipinski definition) is 4. The Hall–Kier alpha value is -0.850. The number of piperazine rings is 1. The molecule has 24 heavy (non-hydrogen) atoms. The average molecular weight is 341 g/mol. The van der Waals surface area contributed by atoms with Crippen molar-refractivity contribution in [3.05, 3.63) is 0 Å². The van der Waals surface area contributed by atoms with E-state index < -0.39 is 0 Å². The van der Waals surface area contributed by atoms with Gasteiger partial charge in [-0.3, -0.25) is 0 Å². The van der Waals surface area contributed by atoms with Gasteiger partial charge in [-0.05, 0) is 47.1 Å². The van der Waals surface area contributed by atoms with Gasteiger partial charge in [-0.25, -0.2) is 4.79 Å². The van der Waals surface area contributed by atoms with Gasteiger partial charge in [0.1, 0.15) is 0 Å². The van der Waals surface area contributed by atoms with E-state index in [1.54, 1.807) is 0 Å². The van der Waals surface area contributed by atoms with Gasteiger partial charge in [0.25, 0.3) is 0 Å². The summed E-state index contributed by atoms with van der Waals surface area (Å²) in [7, 11) is 2.17. The van der Waals surface area contributed by atoms with Gasteiger partial charge in [-0.1, -0.05) is 6.92 Å². The van der Waals surface area contributed by atoms with Gasteiger partial charge in [0.2, 0.25) is 0 Å². The molecule has 2 saturated heterocycles. The lowest BCUT2D eigenvalue weighted by Gasteiger charge is -2.34. The third-order valence-electron chi connectivity index (χ3n) is 5.16. The summed E-state index contributed by atoms with van der Waals surface area (Å²) in [6.07, 6.45) is 0.838. The van der Waals surface area contributed by atoms with Crippen LogP contribution in [-0.4, -0.2) is 79.4 Å². The Morgan fingerprint density at radius 3 is 2.38 bits per heavy atom. The van der Waals surface area contributed by atoms with Crippen LogP contribution in [-0.2, 0) is 4.74 Å². The summed E-state index contributed by atoms with van der Waals surface area (Å²) in [5, 5.41) is 6.12. The summed E-state index contributed by atoms with van der Waals surface area (Å²) < 4.78 is 6.03. The Bertz CT molecular complexity index is 431. The fourth-order valence-electron chi connectivity index (χ4n) is 3.80. The molecule has 2 unspecified atom stereocenters. The van der Waals surface area contributed by atoms with Crippen molar-refractivity contribution in [1.82, 2.24) is 20.4 Å². The first-order valence-electron chi connectivity index (χ1n) is 9.23. The zero-order valence-corrected chi connectivity index (χ0v) is 16.3. The maximum absolute atomic E-state index is 12.2. The molecule has 2 atom stereocenters. The summed E-state index contributed by atoms with van der Waals surface area (Å²) in [5.74, 6) is 0.448. The molecule has 6 nitrogen and oxygen atoms in total. The number of urea groups is 1. The molecule has 2 fully saturated rings. The second kappa shape index (κ2) is 7.58. The van der Waals surface area contributed by atoms with E-state index in [4.69, 9.17) is 4.74 Å². The van der Waals surface area contributed by atoms with Crippen LogP contribution in [0.15, 0.2) is 0 Å². The van der Waals surface area contributed by atoms with Gasteiger partial charge in [0.05, 0.1) is 17.2 Å². The number of carbonyl (C=O) groups excluding carboxylic acids is 1. The summed E-state index contributed by atoms with van der Waals surface area (Å²) >= 11 is 0. The van der Waals surface area contributed by atoms with Crippen molar-refractivity contribution in [2.24, 2.45) is 5.92 Å². The van der Waals surface area contributed by atoms with Gasteiger partial charge in [-0.15, -0.1) is 0 Å². The van der Waals surface area contributed by atoms with Crippen LogP contribution in [0.4, 0.5) is 4.79 Å². The highest BCUT2D eigenvalue weighted by Crippen LogP contribution is 2.37. The van der Waals surface area contributed by atoms with Crippen LogP contribution < -0.4 is 10.6 Å². The number of hydrogen-bond donors (Lipinski definition) is 2. The minimum atomic E-state index is -0.327. The number of ether oxygens (including phenoxy) is 1. The molecule has 0 spiro atoms. The third-order valence-corrected chi connectivity index (χ3v) is 5.16. The largest absolute Gasteiger partial charge is 0.367 e. The Morgan fingerprint density at radius 1 is 1.21 bits per heavy atom. The van der Waals surface area contributed by atoms with Crippen LogP contribution in [0, 0.1) is 5.92 Å². The van der Waals surface area contributed by atoms with E-state index in [-0.39, 0.29) is 23.3 Å². The monoisotopic (exact) mass is 340 g/mol. The Balaban J connectivity index is 1.69. The molecule has 2 aliphatic rings. The van der Waals surface area contributed by atoms with Crippen molar-refractivity contribution in [1.29, 1.82) is 0 Å². The van der Waals surface area contributed by atoms with E-state index in [9.17, 15) is 4.79 Å². The molecule has 0 bridgehead atoms. The van der Waals surface area contributed by atoms with Crippen molar-refractivity contribution in [3.8, 4) is 0 Å². The number of rotatable bonds is 5. The van der Waals surface area contributed by atoms with Gasteiger partial charge in [-0.2, -0.15) is 0 Å². The van der Waals surface area contributed by atoms with Crippen molar-refractivity contribution in [2.75, 3.05) is 46.3 Å². The molecule has 2 rings (SSSR count). The minimum Gasteiger partial charge on any atom is -0.367 e. The fourth-order valence-corrected chi connectivity index (χ4v) is 3.80. The maximum atomic E-state index is 12.2. The second-order valence-electron chi connectivity index (χ2n) is 8.79. The van der Waals surface area contributed by atoms with E-state index in [0.29, 0.717) is 12.5 Å². The normalized spacial score (nSPS) is 28.5. The first kappa shape index (κ1) is 19.5. The highest BCUT2D eigenvalue weighted by atomic mass is 16.5. The van der Waals surface area contributed by atoms with E-state index in [0.717, 1.165) is 39.1 Å². The molecule has 0 aromatic carbocycles. The minimum absolute atomic E-state index is 0.0421. The molecule has 0 radical (unpaired) electrons. The fraction of sp³-hybridized carbons (Fsp3) is 0.944. The van der Waals surface area contributed by atoms with Crippen molar-refractivity contribution >= 4 is 6.03 Å². The molecule has 6 heteroatoms. The van der Waals surface area contributed by atoms with Gasteiger partial charge < -0.3 is 25.2 Å². The van der Waals surface area contributed by atoms with Crippen LogP contribution in [0.25, 0.3) is 0 Å². The molecule has 0 aliphatic carbocycles. The second-order valence-corrected chi connectivity index (χ2v) is 8.79. The van der Waals surface area contributed by atoms with Crippen molar-refractivity contribution < 1.29 is 9.53 Å². The van der Waals surface area contributed by atoms with Crippen LogP contribution >= 0.6 is 0 Å². The molecule has 0 aromatic rings. The average Bonchev–Trinajstić information content (AvgIpc) is 2.66. The Kier molecular flexibility index (Phi) is 6.15. The first-order chi connectivity index (χ1) is 11.1. The molecule has 2 aliphatic heterocycles. The van der Waals surface area contributed by atoms with Crippen LogP contribution in [0.3, 0.4) is 0 Å². The SMILES string of the molecule is CC(CNC(=O)NC1CC(C)(C)OC1(C)C)CN1CCN(C)CC1. The van der Waals surface area contributed by atoms with Gasteiger partial charge >= 0.3 is 6.03 Å². The molecule has 2 heterocycles. The van der Waals surface area contributed by atoms with Gasteiger partial charge in [0.15, 0.2) is 0 Å². The highest BCUT2D eigenvalue weighted by molar-refractivity contribution is 5.74. The molecule has 0 aromatic heterocycles. The summed E-state index contributed by atoms with van der Waals surface area (Å²) in [5.41, 5.74) is -0.511. The number of likely N-dealkylation sites (N-methyl/N-ethyl adjacent to an activating group) is 1. The van der Waals surface area contributed by atoms with E-state index in [1.165, 1.54) is 0 Å². The van der Waals surface area contributed by atoms with Crippen LogP contribution in [0.5, 0.6) is 0 Å². The Labute approximate surface area is 147 Å².